The Kier molecular flexibility index (Phi) is 8.55. The van der Waals surface area contributed by atoms with Crippen LogP contribution in [0.15, 0.2) is 83.9 Å². The van der Waals surface area contributed by atoms with Crippen LogP contribution in [-0.4, -0.2) is 62.7 Å². The molecule has 1 aromatic carbocycles. The van der Waals surface area contributed by atoms with Gasteiger partial charge < -0.3 is 24.0 Å². The summed E-state index contributed by atoms with van der Waals surface area (Å²) in [6.07, 6.45) is 5.41. The maximum Gasteiger partial charge on any atom is 0.119 e. The van der Waals surface area contributed by atoms with Gasteiger partial charge >= 0.3 is 0 Å². The Labute approximate surface area is 197 Å². The number of likely N-dealkylation sites (tertiary alicyclic amines) is 1. The second kappa shape index (κ2) is 11.6. The topological polar surface area (TPSA) is 46.5 Å². The lowest BCUT2D eigenvalue weighted by Crippen LogP contribution is -2.39. The van der Waals surface area contributed by atoms with Crippen LogP contribution in [0, 0.1) is 0 Å². The number of nitrogens with zero attached hydrogens (tertiary/aromatic N) is 3. The Morgan fingerprint density at radius 1 is 1.18 bits per heavy atom. The minimum absolute atomic E-state index is 0.622. The van der Waals surface area contributed by atoms with Gasteiger partial charge in [-0.15, -0.1) is 0 Å². The molecule has 1 aromatic rings. The molecule has 0 aromatic heterocycles. The van der Waals surface area contributed by atoms with Gasteiger partial charge in [-0.1, -0.05) is 37.9 Å². The maximum absolute atomic E-state index is 5.51. The summed E-state index contributed by atoms with van der Waals surface area (Å²) in [5.74, 6) is 2.41. The Morgan fingerprint density at radius 2 is 1.94 bits per heavy atom. The van der Waals surface area contributed by atoms with Gasteiger partial charge in [0.15, 0.2) is 0 Å². The summed E-state index contributed by atoms with van der Waals surface area (Å²) in [5, 5.41) is 0. The average Bonchev–Trinajstić information content (AvgIpc) is 3.23. The molecule has 6 nitrogen and oxygen atoms in total. The quantitative estimate of drug-likeness (QED) is 0.242. The van der Waals surface area contributed by atoms with Crippen molar-refractivity contribution in [2.45, 2.75) is 19.8 Å². The number of morpholine rings is 1. The Morgan fingerprint density at radius 3 is 2.64 bits per heavy atom. The number of ether oxygens (including phenoxy) is 3. The molecule has 0 aliphatic carbocycles. The highest BCUT2D eigenvalue weighted by Crippen LogP contribution is 2.37. The van der Waals surface area contributed by atoms with Crippen molar-refractivity contribution in [2.24, 2.45) is 4.99 Å². The Bertz CT molecular complexity index is 984. The third kappa shape index (κ3) is 6.17. The Hall–Kier alpha value is -3.25. The highest BCUT2D eigenvalue weighted by atomic mass is 16.5. The molecule has 0 amide bonds. The van der Waals surface area contributed by atoms with Gasteiger partial charge in [0.05, 0.1) is 33.1 Å². The summed E-state index contributed by atoms with van der Waals surface area (Å²) in [6, 6.07) is 8.05. The van der Waals surface area contributed by atoms with Crippen molar-refractivity contribution in [3.05, 3.63) is 84.4 Å². The van der Waals surface area contributed by atoms with Crippen LogP contribution in [0.3, 0.4) is 0 Å². The SMILES string of the molecule is C=C(/C=C\CC(=C)N1CC/C(=C(/N=C(C)N2CCOCC2)c2cccc(OC)c2)C1=C)OC. The van der Waals surface area contributed by atoms with Crippen LogP contribution in [-0.2, 0) is 9.47 Å². The number of methoxy groups -OCH3 is 2. The molecule has 2 fully saturated rings. The molecule has 2 saturated heterocycles. The number of allylic oxidation sites excluding steroid dienone is 3. The molecule has 0 radical (unpaired) electrons. The molecule has 2 heterocycles. The van der Waals surface area contributed by atoms with Crippen LogP contribution in [0.2, 0.25) is 0 Å². The molecular formula is C27H35N3O3. The standard InChI is InChI=1S/C27H35N3O3/c1-20(9-7-10-21(2)31-5)30-14-13-26(22(30)3)27(24-11-8-12-25(19-24)32-6)28-23(4)29-15-17-33-18-16-29/h7-8,10-12,19H,1-3,9,13-18H2,4-6H3/b10-7-,27-26-,28-23?. The van der Waals surface area contributed by atoms with E-state index in [4.69, 9.17) is 19.2 Å². The van der Waals surface area contributed by atoms with Crippen molar-refractivity contribution in [1.29, 1.82) is 0 Å². The predicted octanol–water partition coefficient (Wildman–Crippen LogP) is 5.00. The fraction of sp³-hybridized carbons (Fsp3) is 0.370. The zero-order valence-electron chi connectivity index (χ0n) is 20.1. The third-order valence-corrected chi connectivity index (χ3v) is 5.93. The second-order valence-corrected chi connectivity index (χ2v) is 8.01. The van der Waals surface area contributed by atoms with E-state index < -0.39 is 0 Å². The number of rotatable bonds is 8. The van der Waals surface area contributed by atoms with Crippen molar-refractivity contribution in [1.82, 2.24) is 9.80 Å². The van der Waals surface area contributed by atoms with Crippen LogP contribution < -0.4 is 4.74 Å². The van der Waals surface area contributed by atoms with Crippen molar-refractivity contribution < 1.29 is 14.2 Å². The molecule has 33 heavy (non-hydrogen) atoms. The van der Waals surface area contributed by atoms with E-state index in [0.29, 0.717) is 12.2 Å². The zero-order valence-corrected chi connectivity index (χ0v) is 20.1. The average molecular weight is 450 g/mol. The van der Waals surface area contributed by atoms with E-state index in [2.05, 4.69) is 42.5 Å². The van der Waals surface area contributed by atoms with Gasteiger partial charge in [0.1, 0.15) is 17.3 Å². The minimum atomic E-state index is 0.622. The van der Waals surface area contributed by atoms with Crippen LogP contribution in [0.5, 0.6) is 5.75 Å². The first-order valence-electron chi connectivity index (χ1n) is 11.2. The molecule has 0 unspecified atom stereocenters. The molecular weight excluding hydrogens is 414 g/mol. The molecule has 0 atom stereocenters. The third-order valence-electron chi connectivity index (χ3n) is 5.93. The zero-order chi connectivity index (χ0) is 23.8. The van der Waals surface area contributed by atoms with E-state index in [0.717, 1.165) is 79.1 Å². The smallest absolute Gasteiger partial charge is 0.119 e. The van der Waals surface area contributed by atoms with Gasteiger partial charge in [0.25, 0.3) is 0 Å². The lowest BCUT2D eigenvalue weighted by molar-refractivity contribution is 0.0678. The molecule has 176 valence electrons. The van der Waals surface area contributed by atoms with Gasteiger partial charge in [-0.2, -0.15) is 0 Å². The molecule has 2 aliphatic rings. The van der Waals surface area contributed by atoms with Crippen molar-refractivity contribution >= 4 is 11.5 Å². The molecule has 0 N–H and O–H groups in total. The lowest BCUT2D eigenvalue weighted by atomic mass is 10.0. The summed E-state index contributed by atoms with van der Waals surface area (Å²) < 4.78 is 16.1. The number of hydrogen-bond donors (Lipinski definition) is 0. The summed E-state index contributed by atoms with van der Waals surface area (Å²) >= 11 is 0. The Balaban J connectivity index is 1.92. The van der Waals surface area contributed by atoms with E-state index >= 15 is 0 Å². The van der Waals surface area contributed by atoms with Gasteiger partial charge in [-0.05, 0) is 31.6 Å². The summed E-state index contributed by atoms with van der Waals surface area (Å²) in [6.45, 7) is 18.5. The largest absolute Gasteiger partial charge is 0.497 e. The highest BCUT2D eigenvalue weighted by molar-refractivity contribution is 5.88. The molecule has 0 saturated carbocycles. The van der Waals surface area contributed by atoms with Crippen LogP contribution in [0.25, 0.3) is 5.70 Å². The normalized spacial score (nSPS) is 18.6. The van der Waals surface area contributed by atoms with E-state index in [1.807, 2.05) is 30.4 Å². The minimum Gasteiger partial charge on any atom is -0.497 e. The number of amidine groups is 1. The first kappa shape index (κ1) is 24.4. The molecule has 6 heteroatoms. The molecule has 3 rings (SSSR count). The van der Waals surface area contributed by atoms with E-state index in [9.17, 15) is 0 Å². The molecule has 0 spiro atoms. The highest BCUT2D eigenvalue weighted by Gasteiger charge is 2.26. The number of hydrogen-bond acceptors (Lipinski definition) is 5. The van der Waals surface area contributed by atoms with Crippen LogP contribution >= 0.6 is 0 Å². The lowest BCUT2D eigenvalue weighted by Gasteiger charge is -2.28. The summed E-state index contributed by atoms with van der Waals surface area (Å²) in [4.78, 5) is 9.57. The summed E-state index contributed by atoms with van der Waals surface area (Å²) in [7, 11) is 3.29. The fourth-order valence-electron chi connectivity index (χ4n) is 3.97. The first-order valence-corrected chi connectivity index (χ1v) is 11.2. The van der Waals surface area contributed by atoms with E-state index in [1.165, 1.54) is 0 Å². The predicted molar refractivity (Wildman–Crippen MR) is 135 cm³/mol. The second-order valence-electron chi connectivity index (χ2n) is 8.01. The maximum atomic E-state index is 5.51. The van der Waals surface area contributed by atoms with Gasteiger partial charge in [-0.25, -0.2) is 4.99 Å². The monoisotopic (exact) mass is 449 g/mol. The summed E-state index contributed by atoms with van der Waals surface area (Å²) in [5.41, 5.74) is 5.00. The van der Waals surface area contributed by atoms with Crippen LogP contribution in [0.1, 0.15) is 25.3 Å². The van der Waals surface area contributed by atoms with Crippen molar-refractivity contribution in [3.63, 3.8) is 0 Å². The van der Waals surface area contributed by atoms with E-state index in [1.54, 1.807) is 14.2 Å². The number of benzene rings is 1. The van der Waals surface area contributed by atoms with Crippen molar-refractivity contribution in [3.8, 4) is 5.75 Å². The van der Waals surface area contributed by atoms with E-state index in [-0.39, 0.29) is 0 Å². The van der Waals surface area contributed by atoms with Crippen LogP contribution in [0.4, 0.5) is 0 Å². The van der Waals surface area contributed by atoms with Gasteiger partial charge in [0.2, 0.25) is 0 Å². The van der Waals surface area contributed by atoms with Gasteiger partial charge in [0, 0.05) is 48.6 Å². The fourth-order valence-corrected chi connectivity index (χ4v) is 3.97. The molecule has 2 aliphatic heterocycles. The first-order chi connectivity index (χ1) is 15.9. The molecule has 0 bridgehead atoms. The van der Waals surface area contributed by atoms with Gasteiger partial charge in [-0.3, -0.25) is 0 Å². The van der Waals surface area contributed by atoms with Crippen molar-refractivity contribution in [2.75, 3.05) is 47.1 Å². The number of aliphatic imine (C=N–C) groups is 1.